The van der Waals surface area contributed by atoms with E-state index in [9.17, 15) is 18.4 Å². The van der Waals surface area contributed by atoms with E-state index in [1.54, 1.807) is 0 Å². The van der Waals surface area contributed by atoms with Crippen molar-refractivity contribution < 1.29 is 18.4 Å². The van der Waals surface area contributed by atoms with Crippen LogP contribution in [0.5, 0.6) is 0 Å². The van der Waals surface area contributed by atoms with Crippen molar-refractivity contribution >= 4 is 11.6 Å². The number of hydrogen-bond donors (Lipinski definition) is 0. The van der Waals surface area contributed by atoms with E-state index in [1.165, 1.54) is 6.08 Å². The third kappa shape index (κ3) is 1.86. The van der Waals surface area contributed by atoms with Gasteiger partial charge in [-0.3, -0.25) is 9.59 Å². The summed E-state index contributed by atoms with van der Waals surface area (Å²) in [5, 5.41) is 0. The molecule has 0 aromatic carbocycles. The molecule has 140 valence electrons. The Morgan fingerprint density at radius 2 is 1.88 bits per heavy atom. The van der Waals surface area contributed by atoms with Crippen molar-refractivity contribution in [2.75, 3.05) is 0 Å². The number of allylic oxidation sites excluding steroid dienone is 5. The lowest BCUT2D eigenvalue weighted by molar-refractivity contribution is -0.135. The second kappa shape index (κ2) is 5.24. The SMILES string of the molecule is C=C1C2=C(F)C(=O)C=C(C)[C@]2(C)[C@H]2CC[C@]3(C)C(=O)C(F)C[C@H]3[C@@H]2C1C. The zero-order valence-electron chi connectivity index (χ0n) is 15.9. The Morgan fingerprint density at radius 1 is 1.23 bits per heavy atom. The third-order valence-corrected chi connectivity index (χ3v) is 8.34. The molecule has 0 aromatic heterocycles. The van der Waals surface area contributed by atoms with Crippen LogP contribution in [0, 0.1) is 34.5 Å². The quantitative estimate of drug-likeness (QED) is 0.615. The first-order chi connectivity index (χ1) is 12.0. The molecule has 4 rings (SSSR count). The number of alkyl halides is 1. The Hall–Kier alpha value is -1.58. The fourth-order valence-electron chi connectivity index (χ4n) is 6.69. The van der Waals surface area contributed by atoms with E-state index in [0.29, 0.717) is 17.6 Å². The van der Waals surface area contributed by atoms with E-state index in [1.807, 2.05) is 27.7 Å². The smallest absolute Gasteiger partial charge is 0.214 e. The van der Waals surface area contributed by atoms with Gasteiger partial charge in [0.1, 0.15) is 0 Å². The normalized spacial score (nSPS) is 48.2. The van der Waals surface area contributed by atoms with Crippen LogP contribution in [0.25, 0.3) is 0 Å². The van der Waals surface area contributed by atoms with Gasteiger partial charge in [0.05, 0.1) is 0 Å². The maximum atomic E-state index is 14.9. The number of carbonyl (C=O) groups is 2. The van der Waals surface area contributed by atoms with Crippen LogP contribution in [0.3, 0.4) is 0 Å². The molecule has 2 nitrogen and oxygen atoms in total. The first kappa shape index (κ1) is 17.8. The van der Waals surface area contributed by atoms with E-state index in [0.717, 1.165) is 12.0 Å². The molecular weight excluding hydrogens is 334 g/mol. The molecule has 0 aromatic rings. The number of Topliss-reactive ketones (excluding diaryl/α,β-unsaturated/α-hetero) is 1. The summed E-state index contributed by atoms with van der Waals surface area (Å²) >= 11 is 0. The summed E-state index contributed by atoms with van der Waals surface area (Å²) in [5.74, 6) is -1.50. The Balaban J connectivity index is 1.89. The minimum atomic E-state index is -1.39. The van der Waals surface area contributed by atoms with Gasteiger partial charge in [-0.25, -0.2) is 8.78 Å². The van der Waals surface area contributed by atoms with Gasteiger partial charge >= 0.3 is 0 Å². The Kier molecular flexibility index (Phi) is 3.59. The standard InChI is InChI=1S/C22H26F2O2/c1-10-8-16(25)19(24)18-12(3)11(2)17-13(22(10,18)5)6-7-21(4)14(17)9-15(23)20(21)26/h8,11,13-15,17H,3,6-7,9H2,1-2,4-5H3/t11?,13-,14-,15?,17+,21-,22+/m0/s1. The zero-order chi connectivity index (χ0) is 19.2. The van der Waals surface area contributed by atoms with Crippen LogP contribution in [-0.4, -0.2) is 17.7 Å². The van der Waals surface area contributed by atoms with Gasteiger partial charge in [0.2, 0.25) is 5.78 Å². The average Bonchev–Trinajstić information content (AvgIpc) is 2.81. The maximum absolute atomic E-state index is 14.9. The second-order valence-electron chi connectivity index (χ2n) is 9.21. The van der Waals surface area contributed by atoms with Crippen LogP contribution >= 0.6 is 0 Å². The summed E-state index contributed by atoms with van der Waals surface area (Å²) in [6.45, 7) is 11.9. The molecule has 0 amide bonds. The molecule has 0 bridgehead atoms. The van der Waals surface area contributed by atoms with E-state index in [-0.39, 0.29) is 35.9 Å². The van der Waals surface area contributed by atoms with Crippen molar-refractivity contribution in [2.45, 2.75) is 53.1 Å². The van der Waals surface area contributed by atoms with Gasteiger partial charge in [0.25, 0.3) is 0 Å². The molecular formula is C22H26F2O2. The molecule has 4 aliphatic carbocycles. The van der Waals surface area contributed by atoms with Crippen LogP contribution in [0.1, 0.15) is 47.0 Å². The molecule has 0 saturated heterocycles. The molecule has 4 heteroatoms. The third-order valence-electron chi connectivity index (χ3n) is 8.34. The van der Waals surface area contributed by atoms with Gasteiger partial charge < -0.3 is 0 Å². The topological polar surface area (TPSA) is 34.1 Å². The fourth-order valence-corrected chi connectivity index (χ4v) is 6.69. The summed E-state index contributed by atoms with van der Waals surface area (Å²) < 4.78 is 29.3. The number of fused-ring (bicyclic) bond motifs is 5. The lowest BCUT2D eigenvalue weighted by Crippen LogP contribution is -2.54. The number of ketones is 2. The number of rotatable bonds is 0. The minimum Gasteiger partial charge on any atom is -0.296 e. The van der Waals surface area contributed by atoms with Crippen LogP contribution in [0.4, 0.5) is 8.78 Å². The highest BCUT2D eigenvalue weighted by molar-refractivity contribution is 6.05. The lowest BCUT2D eigenvalue weighted by Gasteiger charge is -2.59. The molecule has 3 saturated carbocycles. The zero-order valence-corrected chi connectivity index (χ0v) is 15.9. The summed E-state index contributed by atoms with van der Waals surface area (Å²) in [4.78, 5) is 24.6. The molecule has 0 N–H and O–H groups in total. The summed E-state index contributed by atoms with van der Waals surface area (Å²) in [6.07, 6.45) is 1.64. The van der Waals surface area contributed by atoms with Gasteiger partial charge in [0.15, 0.2) is 17.8 Å². The molecule has 2 unspecified atom stereocenters. The van der Waals surface area contributed by atoms with E-state index in [2.05, 4.69) is 6.58 Å². The highest BCUT2D eigenvalue weighted by atomic mass is 19.1. The number of carbonyl (C=O) groups excluding carboxylic acids is 2. The van der Waals surface area contributed by atoms with Crippen molar-refractivity contribution in [2.24, 2.45) is 34.5 Å². The first-order valence-corrected chi connectivity index (χ1v) is 9.56. The highest BCUT2D eigenvalue weighted by Gasteiger charge is 2.64. The van der Waals surface area contributed by atoms with Crippen molar-refractivity contribution in [3.8, 4) is 0 Å². The Labute approximate surface area is 153 Å². The monoisotopic (exact) mass is 360 g/mol. The Morgan fingerprint density at radius 3 is 2.54 bits per heavy atom. The van der Waals surface area contributed by atoms with Crippen molar-refractivity contribution in [1.29, 1.82) is 0 Å². The van der Waals surface area contributed by atoms with Gasteiger partial charge in [0, 0.05) is 16.4 Å². The summed E-state index contributed by atoms with van der Waals surface area (Å²) in [5.41, 5.74) is 0.706. The average molecular weight is 360 g/mol. The van der Waals surface area contributed by atoms with E-state index >= 15 is 0 Å². The van der Waals surface area contributed by atoms with Crippen LogP contribution in [0.2, 0.25) is 0 Å². The van der Waals surface area contributed by atoms with Gasteiger partial charge in [-0.2, -0.15) is 0 Å². The molecule has 4 aliphatic rings. The van der Waals surface area contributed by atoms with Crippen molar-refractivity contribution in [3.05, 3.63) is 35.2 Å². The number of halogens is 2. The van der Waals surface area contributed by atoms with Crippen LogP contribution < -0.4 is 0 Å². The first-order valence-electron chi connectivity index (χ1n) is 9.56. The van der Waals surface area contributed by atoms with E-state index in [4.69, 9.17) is 0 Å². The molecule has 26 heavy (non-hydrogen) atoms. The summed E-state index contributed by atoms with van der Waals surface area (Å²) in [7, 11) is 0. The second-order valence-corrected chi connectivity index (χ2v) is 9.21. The van der Waals surface area contributed by atoms with Crippen molar-refractivity contribution in [1.82, 2.24) is 0 Å². The predicted octanol–water partition coefficient (Wildman–Crippen LogP) is 4.91. The van der Waals surface area contributed by atoms with Gasteiger partial charge in [-0.1, -0.05) is 32.9 Å². The Bertz CT molecular complexity index is 807. The molecule has 3 fully saturated rings. The van der Waals surface area contributed by atoms with Gasteiger partial charge in [-0.05, 0) is 61.5 Å². The maximum Gasteiger partial charge on any atom is 0.214 e. The minimum absolute atomic E-state index is 0.0534. The lowest BCUT2D eigenvalue weighted by atomic mass is 9.44. The number of hydrogen-bond acceptors (Lipinski definition) is 2. The molecule has 0 heterocycles. The highest BCUT2D eigenvalue weighted by Crippen LogP contribution is 2.67. The fraction of sp³-hybridized carbons (Fsp3) is 0.636. The molecule has 7 atom stereocenters. The van der Waals surface area contributed by atoms with Crippen LogP contribution in [0.15, 0.2) is 35.2 Å². The summed E-state index contributed by atoms with van der Waals surface area (Å²) in [6, 6.07) is 0. The molecule has 0 spiro atoms. The molecule has 0 aliphatic heterocycles. The molecule has 0 radical (unpaired) electrons. The van der Waals surface area contributed by atoms with Crippen molar-refractivity contribution in [3.63, 3.8) is 0 Å². The van der Waals surface area contributed by atoms with Crippen LogP contribution in [-0.2, 0) is 9.59 Å². The largest absolute Gasteiger partial charge is 0.296 e. The van der Waals surface area contributed by atoms with E-state index < -0.39 is 28.6 Å². The predicted molar refractivity (Wildman–Crippen MR) is 95.6 cm³/mol. The van der Waals surface area contributed by atoms with Gasteiger partial charge in [-0.15, -0.1) is 0 Å².